The van der Waals surface area contributed by atoms with Crippen LogP contribution in [0.15, 0.2) is 30.3 Å². The summed E-state index contributed by atoms with van der Waals surface area (Å²) in [4.78, 5) is 11.1. The van der Waals surface area contributed by atoms with Crippen LogP contribution in [0.1, 0.15) is 12.5 Å². The molecule has 1 aromatic rings. The van der Waals surface area contributed by atoms with E-state index in [2.05, 4.69) is 0 Å². The molecule has 1 amide bonds. The molecule has 1 aromatic carbocycles. The molecule has 1 atom stereocenters. The molecule has 0 spiro atoms. The monoisotopic (exact) mass is 179 g/mol. The standard InChI is InChI=1S/C10H13NO2/c1-10(13-2,9(11)12)8-6-4-3-5-7-8/h3-7H,1-2H3,(H2,11,12)/t10-/m1/s1. The number of carbonyl (C=O) groups excluding carboxylic acids is 1. The number of ether oxygens (including phenoxy) is 1. The van der Waals surface area contributed by atoms with E-state index in [0.717, 1.165) is 5.56 Å². The fraction of sp³-hybridized carbons (Fsp3) is 0.300. The molecule has 0 aromatic heterocycles. The van der Waals surface area contributed by atoms with E-state index < -0.39 is 11.5 Å². The number of hydrogen-bond donors (Lipinski definition) is 1. The molecule has 3 heteroatoms. The van der Waals surface area contributed by atoms with Crippen LogP contribution in [0.4, 0.5) is 0 Å². The molecule has 3 nitrogen and oxygen atoms in total. The lowest BCUT2D eigenvalue weighted by molar-refractivity contribution is -0.139. The van der Waals surface area contributed by atoms with Crippen molar-refractivity contribution >= 4 is 5.91 Å². The van der Waals surface area contributed by atoms with Crippen molar-refractivity contribution in [3.63, 3.8) is 0 Å². The zero-order valence-electron chi connectivity index (χ0n) is 7.78. The highest BCUT2D eigenvalue weighted by atomic mass is 16.5. The number of primary amides is 1. The van der Waals surface area contributed by atoms with Crippen molar-refractivity contribution in [3.8, 4) is 0 Å². The fourth-order valence-electron chi connectivity index (χ4n) is 1.12. The Hall–Kier alpha value is -1.35. The van der Waals surface area contributed by atoms with E-state index in [9.17, 15) is 4.79 Å². The molecule has 0 heterocycles. The highest BCUT2D eigenvalue weighted by Gasteiger charge is 2.32. The smallest absolute Gasteiger partial charge is 0.254 e. The van der Waals surface area contributed by atoms with Gasteiger partial charge in [0.2, 0.25) is 0 Å². The van der Waals surface area contributed by atoms with Crippen molar-refractivity contribution < 1.29 is 9.53 Å². The first-order valence-corrected chi connectivity index (χ1v) is 4.02. The number of nitrogens with two attached hydrogens (primary N) is 1. The summed E-state index contributed by atoms with van der Waals surface area (Å²) in [6.07, 6.45) is 0. The van der Waals surface area contributed by atoms with Gasteiger partial charge in [0.15, 0.2) is 5.60 Å². The maximum Gasteiger partial charge on any atom is 0.254 e. The number of rotatable bonds is 3. The Labute approximate surface area is 77.5 Å². The molecule has 0 aliphatic heterocycles. The van der Waals surface area contributed by atoms with Crippen LogP contribution in [0.5, 0.6) is 0 Å². The van der Waals surface area contributed by atoms with Gasteiger partial charge in [0, 0.05) is 7.11 Å². The minimum Gasteiger partial charge on any atom is -0.367 e. The van der Waals surface area contributed by atoms with Gasteiger partial charge in [-0.15, -0.1) is 0 Å². The van der Waals surface area contributed by atoms with Crippen molar-refractivity contribution in [1.29, 1.82) is 0 Å². The Kier molecular flexibility index (Phi) is 2.68. The second-order valence-electron chi connectivity index (χ2n) is 2.97. The van der Waals surface area contributed by atoms with Crippen molar-refractivity contribution in [1.82, 2.24) is 0 Å². The lowest BCUT2D eigenvalue weighted by atomic mass is 9.95. The Balaban J connectivity index is 3.11. The molecular weight excluding hydrogens is 166 g/mol. The van der Waals surface area contributed by atoms with E-state index in [1.165, 1.54) is 7.11 Å². The van der Waals surface area contributed by atoms with E-state index >= 15 is 0 Å². The van der Waals surface area contributed by atoms with Crippen LogP contribution < -0.4 is 5.73 Å². The van der Waals surface area contributed by atoms with Gasteiger partial charge in [0.05, 0.1) is 0 Å². The van der Waals surface area contributed by atoms with E-state index in [0.29, 0.717) is 0 Å². The van der Waals surface area contributed by atoms with E-state index in [-0.39, 0.29) is 0 Å². The first-order valence-electron chi connectivity index (χ1n) is 4.02. The first kappa shape index (κ1) is 9.74. The predicted molar refractivity (Wildman–Crippen MR) is 50.0 cm³/mol. The third-order valence-corrected chi connectivity index (χ3v) is 2.20. The molecule has 0 saturated heterocycles. The Morgan fingerprint density at radius 3 is 2.31 bits per heavy atom. The van der Waals surface area contributed by atoms with Gasteiger partial charge in [-0.05, 0) is 12.5 Å². The fourth-order valence-corrected chi connectivity index (χ4v) is 1.12. The summed E-state index contributed by atoms with van der Waals surface area (Å²) >= 11 is 0. The summed E-state index contributed by atoms with van der Waals surface area (Å²) in [5.74, 6) is -0.485. The third-order valence-electron chi connectivity index (χ3n) is 2.20. The SMILES string of the molecule is CO[C@@](C)(C(N)=O)c1ccccc1. The van der Waals surface area contributed by atoms with Gasteiger partial charge in [-0.2, -0.15) is 0 Å². The lowest BCUT2D eigenvalue weighted by Crippen LogP contribution is -2.40. The van der Waals surface area contributed by atoms with E-state index in [1.807, 2.05) is 30.3 Å². The number of amides is 1. The molecular formula is C10H13NO2. The third kappa shape index (κ3) is 1.70. The minimum atomic E-state index is -1.03. The van der Waals surface area contributed by atoms with Gasteiger partial charge >= 0.3 is 0 Å². The zero-order valence-corrected chi connectivity index (χ0v) is 7.78. The van der Waals surface area contributed by atoms with Crippen molar-refractivity contribution in [3.05, 3.63) is 35.9 Å². The summed E-state index contributed by atoms with van der Waals surface area (Å²) in [5.41, 5.74) is 4.99. The molecule has 0 unspecified atom stereocenters. The number of benzene rings is 1. The first-order chi connectivity index (χ1) is 6.11. The van der Waals surface area contributed by atoms with Crippen molar-refractivity contribution in [2.75, 3.05) is 7.11 Å². The van der Waals surface area contributed by atoms with Crippen LogP contribution in [0.2, 0.25) is 0 Å². The van der Waals surface area contributed by atoms with Gasteiger partial charge in [-0.1, -0.05) is 30.3 Å². The van der Waals surface area contributed by atoms with Gasteiger partial charge in [-0.3, -0.25) is 4.79 Å². The Bertz CT molecular complexity index is 297. The van der Waals surface area contributed by atoms with Crippen molar-refractivity contribution in [2.24, 2.45) is 5.73 Å². The minimum absolute atomic E-state index is 0.485. The molecule has 13 heavy (non-hydrogen) atoms. The summed E-state index contributed by atoms with van der Waals surface area (Å²) < 4.78 is 5.11. The van der Waals surface area contributed by atoms with Crippen LogP contribution in [-0.4, -0.2) is 13.0 Å². The highest BCUT2D eigenvalue weighted by molar-refractivity contribution is 5.84. The predicted octanol–water partition coefficient (Wildman–Crippen LogP) is 1.03. The van der Waals surface area contributed by atoms with Crippen LogP contribution in [0, 0.1) is 0 Å². The lowest BCUT2D eigenvalue weighted by Gasteiger charge is -2.24. The molecule has 0 radical (unpaired) electrons. The topological polar surface area (TPSA) is 52.3 Å². The van der Waals surface area contributed by atoms with Crippen LogP contribution in [0.25, 0.3) is 0 Å². The average molecular weight is 179 g/mol. The molecule has 0 bridgehead atoms. The second kappa shape index (κ2) is 3.58. The van der Waals surface area contributed by atoms with E-state index in [1.54, 1.807) is 6.92 Å². The number of hydrogen-bond acceptors (Lipinski definition) is 2. The van der Waals surface area contributed by atoms with Crippen molar-refractivity contribution in [2.45, 2.75) is 12.5 Å². The molecule has 0 aliphatic carbocycles. The second-order valence-corrected chi connectivity index (χ2v) is 2.97. The van der Waals surface area contributed by atoms with Gasteiger partial charge < -0.3 is 10.5 Å². The molecule has 70 valence electrons. The van der Waals surface area contributed by atoms with Gasteiger partial charge in [-0.25, -0.2) is 0 Å². The summed E-state index contributed by atoms with van der Waals surface area (Å²) in [5, 5.41) is 0. The zero-order chi connectivity index (χ0) is 9.90. The maximum absolute atomic E-state index is 11.1. The largest absolute Gasteiger partial charge is 0.367 e. The Morgan fingerprint density at radius 1 is 1.38 bits per heavy atom. The molecule has 0 fully saturated rings. The number of methoxy groups -OCH3 is 1. The maximum atomic E-state index is 11.1. The van der Waals surface area contributed by atoms with Gasteiger partial charge in [0.25, 0.3) is 5.91 Å². The number of carbonyl (C=O) groups is 1. The summed E-state index contributed by atoms with van der Waals surface area (Å²) in [6.45, 7) is 1.66. The molecule has 1 rings (SSSR count). The van der Waals surface area contributed by atoms with Crippen LogP contribution >= 0.6 is 0 Å². The van der Waals surface area contributed by atoms with Crippen LogP contribution in [-0.2, 0) is 15.1 Å². The van der Waals surface area contributed by atoms with E-state index in [4.69, 9.17) is 10.5 Å². The normalized spacial score (nSPS) is 14.9. The average Bonchev–Trinajstić information content (AvgIpc) is 2.17. The molecule has 2 N–H and O–H groups in total. The summed E-state index contributed by atoms with van der Waals surface area (Å²) in [6, 6.07) is 9.19. The Morgan fingerprint density at radius 2 is 1.92 bits per heavy atom. The molecule has 0 saturated carbocycles. The van der Waals surface area contributed by atoms with Crippen LogP contribution in [0.3, 0.4) is 0 Å². The van der Waals surface area contributed by atoms with Gasteiger partial charge in [0.1, 0.15) is 0 Å². The highest BCUT2D eigenvalue weighted by Crippen LogP contribution is 2.23. The summed E-state index contributed by atoms with van der Waals surface area (Å²) in [7, 11) is 1.47. The molecule has 0 aliphatic rings. The quantitative estimate of drug-likeness (QED) is 0.753.